The number of hydrogen-bond donors (Lipinski definition) is 0. The topological polar surface area (TPSA) is 35.5 Å². The summed E-state index contributed by atoms with van der Waals surface area (Å²) in [7, 11) is 0. The number of rotatable bonds is 4. The summed E-state index contributed by atoms with van der Waals surface area (Å²) in [5, 5.41) is 0. The zero-order chi connectivity index (χ0) is 11.5. The fourth-order valence-electron chi connectivity index (χ4n) is 1.30. The fraction of sp³-hybridized carbons (Fsp3) is 0.667. The van der Waals surface area contributed by atoms with Gasteiger partial charge in [-0.1, -0.05) is 6.58 Å². The van der Waals surface area contributed by atoms with Gasteiger partial charge in [-0.05, 0) is 12.8 Å². The Bertz CT molecular complexity index is 249. The predicted octanol–water partition coefficient (Wildman–Crippen LogP) is 2.03. The standard InChI is InChI=1S/C9H11F3O3/c1-2-8(13)14-5-6-3-4-7(6)15-9(10,11)12/h2,6-7H,1,3-5H2. The molecule has 0 bridgehead atoms. The quantitative estimate of drug-likeness (QED) is 0.541. The van der Waals surface area contributed by atoms with E-state index < -0.39 is 18.4 Å². The zero-order valence-corrected chi connectivity index (χ0v) is 7.92. The molecule has 1 saturated carbocycles. The lowest BCUT2D eigenvalue weighted by atomic mass is 9.82. The molecule has 0 aromatic heterocycles. The first-order valence-corrected chi connectivity index (χ1v) is 4.46. The number of esters is 1. The van der Waals surface area contributed by atoms with Crippen LogP contribution in [-0.4, -0.2) is 25.0 Å². The summed E-state index contributed by atoms with van der Waals surface area (Å²) in [5.41, 5.74) is 0. The highest BCUT2D eigenvalue weighted by Gasteiger charge is 2.41. The molecule has 0 N–H and O–H groups in total. The number of halogens is 3. The van der Waals surface area contributed by atoms with Crippen LogP contribution in [0.5, 0.6) is 0 Å². The van der Waals surface area contributed by atoms with Gasteiger partial charge in [0.2, 0.25) is 0 Å². The SMILES string of the molecule is C=CC(=O)OCC1CCC1OC(F)(F)F. The first-order chi connectivity index (χ1) is 6.92. The Morgan fingerprint density at radius 1 is 1.47 bits per heavy atom. The molecule has 2 unspecified atom stereocenters. The second kappa shape index (κ2) is 4.65. The summed E-state index contributed by atoms with van der Waals surface area (Å²) in [6.07, 6.45) is -3.62. The van der Waals surface area contributed by atoms with Crippen molar-refractivity contribution in [3.05, 3.63) is 12.7 Å². The number of carbonyl (C=O) groups excluding carboxylic acids is 1. The average Bonchev–Trinajstić information content (AvgIpc) is 2.11. The highest BCUT2D eigenvalue weighted by molar-refractivity contribution is 5.81. The Hall–Kier alpha value is -1.04. The molecule has 1 rings (SSSR count). The number of ether oxygens (including phenoxy) is 2. The second-order valence-corrected chi connectivity index (χ2v) is 3.27. The van der Waals surface area contributed by atoms with Crippen molar-refractivity contribution < 1.29 is 27.4 Å². The van der Waals surface area contributed by atoms with E-state index in [1.165, 1.54) is 0 Å². The van der Waals surface area contributed by atoms with E-state index in [4.69, 9.17) is 0 Å². The summed E-state index contributed by atoms with van der Waals surface area (Å²) in [5.74, 6) is -0.997. The van der Waals surface area contributed by atoms with Crippen molar-refractivity contribution >= 4 is 5.97 Å². The summed E-state index contributed by atoms with van der Waals surface area (Å²) in [6.45, 7) is 3.13. The Labute approximate surface area is 84.8 Å². The van der Waals surface area contributed by atoms with E-state index in [1.807, 2.05) is 0 Å². The normalized spacial score (nSPS) is 25.5. The Morgan fingerprint density at radius 3 is 2.53 bits per heavy atom. The lowest BCUT2D eigenvalue weighted by Crippen LogP contribution is -2.41. The van der Waals surface area contributed by atoms with Crippen LogP contribution in [0.4, 0.5) is 13.2 Å². The molecule has 6 heteroatoms. The van der Waals surface area contributed by atoms with Crippen LogP contribution >= 0.6 is 0 Å². The molecule has 86 valence electrons. The smallest absolute Gasteiger partial charge is 0.462 e. The van der Waals surface area contributed by atoms with Crippen molar-refractivity contribution in [2.24, 2.45) is 5.92 Å². The maximum absolute atomic E-state index is 11.8. The van der Waals surface area contributed by atoms with Gasteiger partial charge < -0.3 is 4.74 Å². The Kier molecular flexibility index (Phi) is 3.73. The zero-order valence-electron chi connectivity index (χ0n) is 7.92. The predicted molar refractivity (Wildman–Crippen MR) is 44.8 cm³/mol. The number of alkyl halides is 3. The summed E-state index contributed by atoms with van der Waals surface area (Å²) in [4.78, 5) is 10.6. The molecular formula is C9H11F3O3. The van der Waals surface area contributed by atoms with Crippen molar-refractivity contribution in [2.45, 2.75) is 25.3 Å². The van der Waals surface area contributed by atoms with E-state index in [1.54, 1.807) is 0 Å². The van der Waals surface area contributed by atoms with Crippen LogP contribution < -0.4 is 0 Å². The summed E-state index contributed by atoms with van der Waals surface area (Å²) in [6, 6.07) is 0. The molecule has 0 heterocycles. The van der Waals surface area contributed by atoms with E-state index in [0.717, 1.165) is 6.08 Å². The summed E-state index contributed by atoms with van der Waals surface area (Å²) >= 11 is 0. The third-order valence-electron chi connectivity index (χ3n) is 2.24. The molecule has 1 aliphatic carbocycles. The number of hydrogen-bond acceptors (Lipinski definition) is 3. The lowest BCUT2D eigenvalue weighted by Gasteiger charge is -2.35. The van der Waals surface area contributed by atoms with Crippen LogP contribution in [-0.2, 0) is 14.3 Å². The van der Waals surface area contributed by atoms with Crippen molar-refractivity contribution in [1.29, 1.82) is 0 Å². The van der Waals surface area contributed by atoms with E-state index >= 15 is 0 Å². The minimum Gasteiger partial charge on any atom is -0.462 e. The average molecular weight is 224 g/mol. The minimum atomic E-state index is -4.62. The van der Waals surface area contributed by atoms with Crippen LogP contribution in [0.3, 0.4) is 0 Å². The van der Waals surface area contributed by atoms with Crippen LogP contribution in [0, 0.1) is 5.92 Å². The van der Waals surface area contributed by atoms with Crippen molar-refractivity contribution in [3.8, 4) is 0 Å². The van der Waals surface area contributed by atoms with Crippen LogP contribution in [0.15, 0.2) is 12.7 Å². The molecule has 1 aliphatic rings. The first kappa shape index (κ1) is 12.0. The van der Waals surface area contributed by atoms with Gasteiger partial charge in [0.05, 0.1) is 12.7 Å². The Morgan fingerprint density at radius 2 is 2.13 bits per heavy atom. The molecule has 0 amide bonds. The third-order valence-corrected chi connectivity index (χ3v) is 2.24. The van der Waals surface area contributed by atoms with Crippen LogP contribution in [0.2, 0.25) is 0 Å². The van der Waals surface area contributed by atoms with Gasteiger partial charge in [0, 0.05) is 12.0 Å². The van der Waals surface area contributed by atoms with Gasteiger partial charge in [0.25, 0.3) is 0 Å². The molecule has 15 heavy (non-hydrogen) atoms. The first-order valence-electron chi connectivity index (χ1n) is 4.46. The van der Waals surface area contributed by atoms with Crippen molar-refractivity contribution in [3.63, 3.8) is 0 Å². The van der Waals surface area contributed by atoms with Gasteiger partial charge in [-0.15, -0.1) is 13.2 Å². The molecule has 0 aromatic rings. The molecule has 0 aromatic carbocycles. The molecular weight excluding hydrogens is 213 g/mol. The van der Waals surface area contributed by atoms with Crippen LogP contribution in [0.1, 0.15) is 12.8 Å². The molecule has 0 aliphatic heterocycles. The van der Waals surface area contributed by atoms with Crippen LogP contribution in [0.25, 0.3) is 0 Å². The van der Waals surface area contributed by atoms with E-state index in [9.17, 15) is 18.0 Å². The Balaban J connectivity index is 2.26. The van der Waals surface area contributed by atoms with Gasteiger partial charge in [-0.2, -0.15) is 0 Å². The largest absolute Gasteiger partial charge is 0.522 e. The monoisotopic (exact) mass is 224 g/mol. The van der Waals surface area contributed by atoms with Crippen molar-refractivity contribution in [2.75, 3.05) is 6.61 Å². The second-order valence-electron chi connectivity index (χ2n) is 3.27. The van der Waals surface area contributed by atoms with Gasteiger partial charge in [0.1, 0.15) is 0 Å². The fourth-order valence-corrected chi connectivity index (χ4v) is 1.30. The number of carbonyl (C=O) groups is 1. The molecule has 1 fully saturated rings. The third kappa shape index (κ3) is 3.91. The van der Waals surface area contributed by atoms with Gasteiger partial charge in [-0.25, -0.2) is 4.79 Å². The maximum Gasteiger partial charge on any atom is 0.522 e. The molecule has 2 atom stereocenters. The van der Waals surface area contributed by atoms with E-state index in [2.05, 4.69) is 16.1 Å². The summed E-state index contributed by atoms with van der Waals surface area (Å²) < 4.78 is 43.9. The van der Waals surface area contributed by atoms with Gasteiger partial charge in [0.15, 0.2) is 0 Å². The van der Waals surface area contributed by atoms with Gasteiger partial charge >= 0.3 is 12.3 Å². The molecule has 3 nitrogen and oxygen atoms in total. The van der Waals surface area contributed by atoms with E-state index in [0.29, 0.717) is 12.8 Å². The minimum absolute atomic E-state index is 0.0500. The maximum atomic E-state index is 11.8. The molecule has 0 radical (unpaired) electrons. The van der Waals surface area contributed by atoms with E-state index in [-0.39, 0.29) is 12.5 Å². The highest BCUT2D eigenvalue weighted by atomic mass is 19.4. The van der Waals surface area contributed by atoms with Crippen molar-refractivity contribution in [1.82, 2.24) is 0 Å². The lowest BCUT2D eigenvalue weighted by molar-refractivity contribution is -0.359. The molecule has 0 saturated heterocycles. The van der Waals surface area contributed by atoms with Gasteiger partial charge in [-0.3, -0.25) is 4.74 Å². The molecule has 0 spiro atoms. The highest BCUT2D eigenvalue weighted by Crippen LogP contribution is 2.35.